The first-order chi connectivity index (χ1) is 11.4. The number of sulfone groups is 1. The Labute approximate surface area is 146 Å². The third-order valence-electron chi connectivity index (χ3n) is 3.49. The molecule has 1 heterocycles. The number of rotatable bonds is 4. The number of hydrogen-bond acceptors (Lipinski definition) is 7. The molecular weight excluding hydrogens is 350 g/mol. The van der Waals surface area contributed by atoms with Crippen molar-refractivity contribution in [3.8, 4) is 0 Å². The van der Waals surface area contributed by atoms with Crippen LogP contribution in [0.25, 0.3) is 0 Å². The van der Waals surface area contributed by atoms with E-state index >= 15 is 0 Å². The van der Waals surface area contributed by atoms with E-state index in [0.29, 0.717) is 13.1 Å². The van der Waals surface area contributed by atoms with E-state index < -0.39 is 26.5 Å². The number of likely N-dealkylation sites (tertiary alicyclic amines) is 1. The zero-order valence-electron chi connectivity index (χ0n) is 14.5. The Hall–Kier alpha value is -2.36. The lowest BCUT2D eigenvalue weighted by atomic mass is 10.1. The molecule has 0 spiro atoms. The Morgan fingerprint density at radius 1 is 1.36 bits per heavy atom. The molecule has 1 fully saturated rings. The van der Waals surface area contributed by atoms with Gasteiger partial charge in [-0.25, -0.2) is 13.2 Å². The number of benzene rings is 1. The minimum Gasteiger partial charge on any atom is -0.444 e. The second kappa shape index (κ2) is 6.51. The third-order valence-corrected chi connectivity index (χ3v) is 4.60. The maximum Gasteiger partial charge on any atom is 0.410 e. The molecule has 1 saturated heterocycles. The second-order valence-corrected chi connectivity index (χ2v) is 8.95. The largest absolute Gasteiger partial charge is 0.444 e. The van der Waals surface area contributed by atoms with Gasteiger partial charge in [0.1, 0.15) is 11.3 Å². The number of nitro groups is 1. The van der Waals surface area contributed by atoms with Crippen molar-refractivity contribution in [2.24, 2.45) is 0 Å². The molecule has 10 heteroatoms. The predicted molar refractivity (Wildman–Crippen MR) is 91.4 cm³/mol. The molecule has 0 atom stereocenters. The number of ether oxygens (including phenoxy) is 1. The van der Waals surface area contributed by atoms with E-state index in [0.717, 1.165) is 12.3 Å². The summed E-state index contributed by atoms with van der Waals surface area (Å²) in [7, 11) is -3.53. The SMILES string of the molecule is CC(C)(C)OC(=O)N1CC(Nc2ccc(S(C)(=O)=O)cc2[N+](=O)[O-])C1. The van der Waals surface area contributed by atoms with Crippen molar-refractivity contribution >= 4 is 27.3 Å². The van der Waals surface area contributed by atoms with Crippen LogP contribution in [0.15, 0.2) is 23.1 Å². The molecule has 2 rings (SSSR count). The van der Waals surface area contributed by atoms with Crippen LogP contribution in [0.1, 0.15) is 20.8 Å². The summed E-state index contributed by atoms with van der Waals surface area (Å²) < 4.78 is 28.3. The number of amides is 1. The van der Waals surface area contributed by atoms with Gasteiger partial charge >= 0.3 is 6.09 Å². The number of carbonyl (C=O) groups is 1. The molecule has 0 saturated carbocycles. The van der Waals surface area contributed by atoms with Crippen molar-refractivity contribution < 1.29 is 22.9 Å². The molecule has 25 heavy (non-hydrogen) atoms. The number of nitro benzene ring substituents is 1. The summed E-state index contributed by atoms with van der Waals surface area (Å²) in [6.45, 7) is 6.01. The summed E-state index contributed by atoms with van der Waals surface area (Å²) in [5.74, 6) is 0. The van der Waals surface area contributed by atoms with Gasteiger partial charge in [-0.3, -0.25) is 10.1 Å². The molecule has 0 unspecified atom stereocenters. The number of anilines is 1. The van der Waals surface area contributed by atoms with E-state index in [4.69, 9.17) is 4.74 Å². The summed E-state index contributed by atoms with van der Waals surface area (Å²) in [5, 5.41) is 14.2. The monoisotopic (exact) mass is 371 g/mol. The van der Waals surface area contributed by atoms with Crippen LogP contribution in [-0.2, 0) is 14.6 Å². The highest BCUT2D eigenvalue weighted by molar-refractivity contribution is 7.90. The van der Waals surface area contributed by atoms with Crippen molar-refractivity contribution in [2.75, 3.05) is 24.7 Å². The van der Waals surface area contributed by atoms with Crippen LogP contribution in [0, 0.1) is 10.1 Å². The fourth-order valence-electron chi connectivity index (χ4n) is 2.28. The Morgan fingerprint density at radius 2 is 1.96 bits per heavy atom. The topological polar surface area (TPSA) is 119 Å². The van der Waals surface area contributed by atoms with Crippen molar-refractivity contribution in [2.45, 2.75) is 37.3 Å². The predicted octanol–water partition coefficient (Wildman–Crippen LogP) is 2.03. The van der Waals surface area contributed by atoms with E-state index in [2.05, 4.69) is 5.32 Å². The molecule has 0 radical (unpaired) electrons. The Morgan fingerprint density at radius 3 is 2.44 bits per heavy atom. The molecule has 0 aromatic heterocycles. The highest BCUT2D eigenvalue weighted by atomic mass is 32.2. The number of hydrogen-bond donors (Lipinski definition) is 1. The van der Waals surface area contributed by atoms with Gasteiger partial charge in [-0.15, -0.1) is 0 Å². The number of carbonyl (C=O) groups excluding carboxylic acids is 1. The smallest absolute Gasteiger partial charge is 0.410 e. The standard InChI is InChI=1S/C15H21N3O6S/c1-15(2,3)24-14(19)17-8-10(9-17)16-12-6-5-11(25(4,22)23)7-13(12)18(20)21/h5-7,10,16H,8-9H2,1-4H3. The van der Waals surface area contributed by atoms with Gasteiger partial charge in [0.05, 0.1) is 15.9 Å². The summed E-state index contributed by atoms with van der Waals surface area (Å²) in [4.78, 5) is 23.8. The first-order valence-corrected chi connectivity index (χ1v) is 9.49. The van der Waals surface area contributed by atoms with Crippen molar-refractivity contribution in [3.63, 3.8) is 0 Å². The van der Waals surface area contributed by atoms with Gasteiger partial charge in [-0.05, 0) is 32.9 Å². The summed E-state index contributed by atoms with van der Waals surface area (Å²) in [6, 6.07) is 3.54. The molecule has 0 bridgehead atoms. The highest BCUT2D eigenvalue weighted by Gasteiger charge is 2.34. The average molecular weight is 371 g/mol. The van der Waals surface area contributed by atoms with Crippen LogP contribution >= 0.6 is 0 Å². The fraction of sp³-hybridized carbons (Fsp3) is 0.533. The van der Waals surface area contributed by atoms with E-state index in [1.807, 2.05) is 0 Å². The minimum absolute atomic E-state index is 0.117. The van der Waals surface area contributed by atoms with Crippen LogP contribution in [0.2, 0.25) is 0 Å². The van der Waals surface area contributed by atoms with Gasteiger partial charge in [0.15, 0.2) is 9.84 Å². The first kappa shape index (κ1) is 19.0. The van der Waals surface area contributed by atoms with E-state index in [1.54, 1.807) is 20.8 Å². The molecule has 1 N–H and O–H groups in total. The number of nitrogens with one attached hydrogen (secondary N) is 1. The van der Waals surface area contributed by atoms with Crippen LogP contribution in [0.3, 0.4) is 0 Å². The quantitative estimate of drug-likeness (QED) is 0.635. The molecule has 1 aromatic rings. The second-order valence-electron chi connectivity index (χ2n) is 6.93. The summed E-state index contributed by atoms with van der Waals surface area (Å²) in [6.07, 6.45) is 0.552. The normalized spacial score (nSPS) is 15.4. The van der Waals surface area contributed by atoms with Gasteiger partial charge in [-0.2, -0.15) is 0 Å². The van der Waals surface area contributed by atoms with E-state index in [1.165, 1.54) is 17.0 Å². The molecule has 1 aliphatic rings. The van der Waals surface area contributed by atoms with Gasteiger partial charge in [-0.1, -0.05) is 0 Å². The van der Waals surface area contributed by atoms with Crippen LogP contribution < -0.4 is 5.32 Å². The Balaban J connectivity index is 2.05. The van der Waals surface area contributed by atoms with E-state index in [-0.39, 0.29) is 22.3 Å². The van der Waals surface area contributed by atoms with Gasteiger partial charge in [0, 0.05) is 25.4 Å². The molecule has 0 aliphatic carbocycles. The lowest BCUT2D eigenvalue weighted by Gasteiger charge is -2.40. The maximum atomic E-state index is 11.9. The Kier molecular flexibility index (Phi) is 4.94. The van der Waals surface area contributed by atoms with Gasteiger partial charge in [0.25, 0.3) is 5.69 Å². The number of nitrogens with zero attached hydrogens (tertiary/aromatic N) is 2. The van der Waals surface area contributed by atoms with E-state index in [9.17, 15) is 23.3 Å². The lowest BCUT2D eigenvalue weighted by Crippen LogP contribution is -2.57. The van der Waals surface area contributed by atoms with Crippen LogP contribution in [0.5, 0.6) is 0 Å². The van der Waals surface area contributed by atoms with Crippen molar-refractivity contribution in [1.82, 2.24) is 4.90 Å². The molecule has 9 nitrogen and oxygen atoms in total. The Bertz CT molecular complexity index is 794. The highest BCUT2D eigenvalue weighted by Crippen LogP contribution is 2.29. The minimum atomic E-state index is -3.53. The molecule has 138 valence electrons. The zero-order chi connectivity index (χ0) is 19.0. The molecular formula is C15H21N3O6S. The van der Waals surface area contributed by atoms with Crippen molar-refractivity contribution in [1.29, 1.82) is 0 Å². The van der Waals surface area contributed by atoms with Crippen molar-refractivity contribution in [3.05, 3.63) is 28.3 Å². The average Bonchev–Trinajstić information content (AvgIpc) is 2.38. The van der Waals surface area contributed by atoms with Gasteiger partial charge in [0.2, 0.25) is 0 Å². The fourth-order valence-corrected chi connectivity index (χ4v) is 2.92. The first-order valence-electron chi connectivity index (χ1n) is 7.60. The summed E-state index contributed by atoms with van der Waals surface area (Å²) in [5.41, 5.74) is -0.694. The third kappa shape index (κ3) is 4.81. The van der Waals surface area contributed by atoms with Gasteiger partial charge < -0.3 is 15.0 Å². The lowest BCUT2D eigenvalue weighted by molar-refractivity contribution is -0.384. The summed E-state index contributed by atoms with van der Waals surface area (Å²) >= 11 is 0. The maximum absolute atomic E-state index is 11.9. The molecule has 1 aliphatic heterocycles. The zero-order valence-corrected chi connectivity index (χ0v) is 15.3. The molecule has 1 amide bonds. The van der Waals surface area contributed by atoms with Crippen LogP contribution in [0.4, 0.5) is 16.2 Å². The van der Waals surface area contributed by atoms with Crippen LogP contribution in [-0.4, -0.2) is 55.3 Å². The molecule has 1 aromatic carbocycles.